The molecule has 1 saturated carbocycles. The second kappa shape index (κ2) is 13.1. The van der Waals surface area contributed by atoms with E-state index in [1.165, 1.54) is 31.4 Å². The first-order chi connectivity index (χ1) is 14.4. The molecule has 0 radical (unpaired) electrons. The number of carbonyl (C=O) groups excluding carboxylic acids is 3. The van der Waals surface area contributed by atoms with Gasteiger partial charge in [0.15, 0.2) is 6.61 Å². The fraction of sp³-hybridized carbons (Fsp3) is 0.571. The molecule has 1 aromatic rings. The number of hydrogen-bond acceptors (Lipinski definition) is 5. The van der Waals surface area contributed by atoms with Crippen LogP contribution >= 0.6 is 35.0 Å². The summed E-state index contributed by atoms with van der Waals surface area (Å²) in [7, 11) is 0. The number of carbonyl (C=O) groups is 3. The van der Waals surface area contributed by atoms with Crippen LogP contribution in [0.4, 0.5) is 0 Å². The highest BCUT2D eigenvalue weighted by Crippen LogP contribution is 2.23. The minimum Gasteiger partial charge on any atom is -0.454 e. The molecule has 0 saturated heterocycles. The van der Waals surface area contributed by atoms with Crippen LogP contribution in [0.1, 0.15) is 48.9 Å². The average molecular weight is 475 g/mol. The minimum atomic E-state index is -0.872. The number of esters is 1. The zero-order chi connectivity index (χ0) is 21.9. The molecular weight excluding hydrogens is 447 g/mol. The summed E-state index contributed by atoms with van der Waals surface area (Å²) in [6, 6.07) is 3.64. The van der Waals surface area contributed by atoms with Gasteiger partial charge < -0.3 is 15.4 Å². The molecule has 1 aromatic carbocycles. The van der Waals surface area contributed by atoms with Crippen molar-refractivity contribution in [1.82, 2.24) is 10.6 Å². The number of ether oxygens (including phenoxy) is 1. The van der Waals surface area contributed by atoms with Gasteiger partial charge in [0.25, 0.3) is 11.8 Å². The van der Waals surface area contributed by atoms with Crippen LogP contribution in [-0.4, -0.2) is 49.0 Å². The average Bonchev–Trinajstić information content (AvgIpc) is 2.74. The summed E-state index contributed by atoms with van der Waals surface area (Å²) in [6.07, 6.45) is 8.17. The molecule has 30 heavy (non-hydrogen) atoms. The highest BCUT2D eigenvalue weighted by molar-refractivity contribution is 7.98. The van der Waals surface area contributed by atoms with Crippen LogP contribution in [0.15, 0.2) is 18.2 Å². The van der Waals surface area contributed by atoms with Crippen LogP contribution in [0, 0.1) is 5.92 Å². The van der Waals surface area contributed by atoms with Crippen molar-refractivity contribution >= 4 is 52.7 Å². The predicted octanol–water partition coefficient (Wildman–Crippen LogP) is 4.08. The van der Waals surface area contributed by atoms with Gasteiger partial charge in [0, 0.05) is 11.6 Å². The van der Waals surface area contributed by atoms with Crippen LogP contribution in [0.3, 0.4) is 0 Å². The van der Waals surface area contributed by atoms with Crippen LogP contribution < -0.4 is 10.6 Å². The first-order valence-electron chi connectivity index (χ1n) is 10.1. The lowest BCUT2D eigenvalue weighted by molar-refractivity contribution is -0.150. The number of rotatable bonds is 10. The Labute approximate surface area is 191 Å². The molecular formula is C21H28Cl2N2O4S. The van der Waals surface area contributed by atoms with E-state index in [-0.39, 0.29) is 23.1 Å². The molecule has 0 bridgehead atoms. The van der Waals surface area contributed by atoms with Crippen molar-refractivity contribution in [2.45, 2.75) is 44.6 Å². The monoisotopic (exact) mass is 474 g/mol. The Morgan fingerprint density at radius 1 is 1.20 bits per heavy atom. The van der Waals surface area contributed by atoms with Crippen LogP contribution in [-0.2, 0) is 14.3 Å². The maximum atomic E-state index is 12.5. The van der Waals surface area contributed by atoms with Gasteiger partial charge >= 0.3 is 5.97 Å². The van der Waals surface area contributed by atoms with Crippen molar-refractivity contribution in [3.8, 4) is 0 Å². The molecule has 0 aliphatic heterocycles. The van der Waals surface area contributed by atoms with Gasteiger partial charge in [0.2, 0.25) is 0 Å². The summed E-state index contributed by atoms with van der Waals surface area (Å²) in [5, 5.41) is 6.09. The molecule has 2 rings (SSSR count). The molecule has 1 aliphatic carbocycles. The number of hydrogen-bond donors (Lipinski definition) is 2. The largest absolute Gasteiger partial charge is 0.454 e. The Morgan fingerprint density at radius 2 is 1.93 bits per heavy atom. The van der Waals surface area contributed by atoms with Crippen molar-refractivity contribution in [3.63, 3.8) is 0 Å². The molecule has 1 atom stereocenters. The van der Waals surface area contributed by atoms with Crippen molar-refractivity contribution in [2.24, 2.45) is 5.92 Å². The summed E-state index contributed by atoms with van der Waals surface area (Å²) in [6.45, 7) is 0.247. The Kier molecular flexibility index (Phi) is 10.8. The van der Waals surface area contributed by atoms with Crippen LogP contribution in [0.5, 0.6) is 0 Å². The van der Waals surface area contributed by atoms with E-state index >= 15 is 0 Å². The van der Waals surface area contributed by atoms with Gasteiger partial charge in [-0.15, -0.1) is 0 Å². The van der Waals surface area contributed by atoms with Crippen LogP contribution in [0.2, 0.25) is 10.0 Å². The van der Waals surface area contributed by atoms with Crippen molar-refractivity contribution in [3.05, 3.63) is 33.8 Å². The minimum absolute atomic E-state index is 0.194. The summed E-state index contributed by atoms with van der Waals surface area (Å²) in [5.74, 6) is -0.333. The van der Waals surface area contributed by atoms with Gasteiger partial charge in [-0.2, -0.15) is 11.8 Å². The fourth-order valence-electron chi connectivity index (χ4n) is 3.33. The third-order valence-corrected chi connectivity index (χ3v) is 6.23. The lowest BCUT2D eigenvalue weighted by Crippen LogP contribution is -2.43. The highest BCUT2D eigenvalue weighted by atomic mass is 35.5. The summed E-state index contributed by atoms with van der Waals surface area (Å²) in [5.41, 5.74) is 0.216. The molecule has 6 nitrogen and oxygen atoms in total. The molecule has 1 fully saturated rings. The number of amides is 2. The van der Waals surface area contributed by atoms with E-state index in [0.29, 0.717) is 29.7 Å². The first kappa shape index (κ1) is 24.8. The van der Waals surface area contributed by atoms with E-state index in [4.69, 9.17) is 27.9 Å². The topological polar surface area (TPSA) is 84.5 Å². The lowest BCUT2D eigenvalue weighted by Gasteiger charge is -2.22. The molecule has 2 N–H and O–H groups in total. The molecule has 0 aromatic heterocycles. The molecule has 9 heteroatoms. The van der Waals surface area contributed by atoms with Gasteiger partial charge in [-0.3, -0.25) is 9.59 Å². The number of halogens is 2. The van der Waals surface area contributed by atoms with Crippen molar-refractivity contribution in [1.29, 1.82) is 0 Å². The van der Waals surface area contributed by atoms with E-state index < -0.39 is 17.9 Å². The Bertz CT molecular complexity index is 742. The fourth-order valence-corrected chi connectivity index (χ4v) is 4.30. The van der Waals surface area contributed by atoms with Gasteiger partial charge in [0.05, 0.1) is 10.6 Å². The molecule has 0 heterocycles. The van der Waals surface area contributed by atoms with E-state index in [0.717, 1.165) is 12.8 Å². The molecule has 0 spiro atoms. The molecule has 1 unspecified atom stereocenters. The number of thioether (sulfide) groups is 1. The second-order valence-corrected chi connectivity index (χ2v) is 9.18. The zero-order valence-electron chi connectivity index (χ0n) is 17.0. The smallest absolute Gasteiger partial charge is 0.329 e. The van der Waals surface area contributed by atoms with Gasteiger partial charge in [-0.25, -0.2) is 4.79 Å². The predicted molar refractivity (Wildman–Crippen MR) is 121 cm³/mol. The quantitative estimate of drug-likeness (QED) is 0.498. The first-order valence-corrected chi connectivity index (χ1v) is 12.2. The Hall–Kier alpha value is -1.44. The maximum absolute atomic E-state index is 12.5. The summed E-state index contributed by atoms with van der Waals surface area (Å²) in [4.78, 5) is 37.1. The van der Waals surface area contributed by atoms with Gasteiger partial charge in [0.1, 0.15) is 6.04 Å². The molecule has 1 aliphatic rings. The van der Waals surface area contributed by atoms with Gasteiger partial charge in [-0.1, -0.05) is 42.5 Å². The molecule has 166 valence electrons. The van der Waals surface area contributed by atoms with E-state index in [1.54, 1.807) is 17.8 Å². The lowest BCUT2D eigenvalue weighted by atomic mass is 9.89. The normalized spacial score (nSPS) is 15.3. The Morgan fingerprint density at radius 3 is 2.60 bits per heavy atom. The standard InChI is InChI=1S/C21H28Cl2N2O4S/c1-30-10-9-18(25-20(27)16-8-7-15(22)11-17(16)23)21(28)29-13-19(26)24-12-14-5-3-2-4-6-14/h7-8,11,14,18H,2-6,9-10,12-13H2,1H3,(H,24,26)(H,25,27). The third-order valence-electron chi connectivity index (χ3n) is 5.03. The number of benzene rings is 1. The SMILES string of the molecule is CSCCC(NC(=O)c1ccc(Cl)cc1Cl)C(=O)OCC(=O)NCC1CCCCC1. The molecule has 2 amide bonds. The number of nitrogens with one attached hydrogen (secondary N) is 2. The van der Waals surface area contributed by atoms with Gasteiger partial charge in [-0.05, 0) is 55.4 Å². The van der Waals surface area contributed by atoms with E-state index in [2.05, 4.69) is 10.6 Å². The van der Waals surface area contributed by atoms with Crippen molar-refractivity contribution < 1.29 is 19.1 Å². The maximum Gasteiger partial charge on any atom is 0.329 e. The van der Waals surface area contributed by atoms with E-state index in [9.17, 15) is 14.4 Å². The van der Waals surface area contributed by atoms with Crippen LogP contribution in [0.25, 0.3) is 0 Å². The van der Waals surface area contributed by atoms with Crippen molar-refractivity contribution in [2.75, 3.05) is 25.2 Å². The Balaban J connectivity index is 1.85. The zero-order valence-corrected chi connectivity index (χ0v) is 19.4. The summed E-state index contributed by atoms with van der Waals surface area (Å²) < 4.78 is 5.16. The van der Waals surface area contributed by atoms with E-state index in [1.807, 2.05) is 6.26 Å². The summed E-state index contributed by atoms with van der Waals surface area (Å²) >= 11 is 13.5. The third kappa shape index (κ3) is 8.36. The second-order valence-electron chi connectivity index (χ2n) is 7.35. The highest BCUT2D eigenvalue weighted by Gasteiger charge is 2.24.